The van der Waals surface area contributed by atoms with Crippen molar-refractivity contribution in [1.82, 2.24) is 0 Å². The molecule has 0 fully saturated rings. The van der Waals surface area contributed by atoms with Crippen molar-refractivity contribution in [2.75, 3.05) is 12.4 Å². The summed E-state index contributed by atoms with van der Waals surface area (Å²) in [6, 6.07) is 9.46. The second kappa shape index (κ2) is 7.33. The van der Waals surface area contributed by atoms with E-state index in [1.54, 1.807) is 7.11 Å². The zero-order chi connectivity index (χ0) is 15.5. The minimum atomic E-state index is -0.111. The molecule has 0 saturated heterocycles. The van der Waals surface area contributed by atoms with E-state index in [1.165, 1.54) is 0 Å². The molecule has 0 bridgehead atoms. The minimum absolute atomic E-state index is 0. The molecule has 3 rings (SSSR count). The van der Waals surface area contributed by atoms with Crippen LogP contribution in [0.25, 0.3) is 0 Å². The number of fused-ring (bicyclic) bond motifs is 1. The second-order valence-electron chi connectivity index (χ2n) is 5.39. The number of anilines is 1. The Morgan fingerprint density at radius 1 is 1.35 bits per heavy atom. The van der Waals surface area contributed by atoms with Gasteiger partial charge in [0.25, 0.3) is 5.91 Å². The largest absolute Gasteiger partial charge is 1.00 e. The summed E-state index contributed by atoms with van der Waals surface area (Å²) >= 11 is 0. The summed E-state index contributed by atoms with van der Waals surface area (Å²) in [6.45, 7) is 2.27. The number of nitrogens with one attached hydrogen (secondary N) is 1. The van der Waals surface area contributed by atoms with Crippen molar-refractivity contribution in [2.45, 2.75) is 26.0 Å². The van der Waals surface area contributed by atoms with Crippen LogP contribution in [0.5, 0.6) is 11.5 Å². The van der Waals surface area contributed by atoms with Gasteiger partial charge in [0.15, 0.2) is 12.4 Å². The van der Waals surface area contributed by atoms with E-state index in [9.17, 15) is 4.79 Å². The predicted octanol–water partition coefficient (Wildman–Crippen LogP) is -1.05. The molecule has 1 unspecified atom stereocenters. The van der Waals surface area contributed by atoms with Crippen LogP contribution < -0.4 is 31.8 Å². The van der Waals surface area contributed by atoms with Gasteiger partial charge in [-0.1, -0.05) is 6.07 Å². The lowest BCUT2D eigenvalue weighted by atomic mass is 10.1. The van der Waals surface area contributed by atoms with Crippen LogP contribution in [0.1, 0.15) is 12.5 Å². The molecule has 0 saturated carbocycles. The molecule has 1 aromatic carbocycles. The van der Waals surface area contributed by atoms with Gasteiger partial charge in [-0.25, -0.2) is 0 Å². The van der Waals surface area contributed by atoms with Crippen LogP contribution in [0.15, 0.2) is 42.7 Å². The van der Waals surface area contributed by atoms with Gasteiger partial charge >= 0.3 is 0 Å². The standard InChI is InChI=1S/C17H18N2O3.ClH/c1-12-8-13-9-16(21-2)14(10-15(13)22-12)18-17(20)11-19-6-4-3-5-7-19;/h3-7,9-10,12H,8,11H2,1-2H3;1H. The fraction of sp³-hybridized carbons (Fsp3) is 0.294. The molecule has 1 aliphatic heterocycles. The van der Waals surface area contributed by atoms with Crippen LogP contribution in [-0.4, -0.2) is 19.1 Å². The first-order valence-electron chi connectivity index (χ1n) is 7.27. The Balaban J connectivity index is 0.00000192. The SMILES string of the molecule is COc1cc2c(cc1NC(=O)C[n+]1ccccc1)OC(C)C2.[Cl-]. The monoisotopic (exact) mass is 334 g/mol. The first kappa shape index (κ1) is 17.1. The Hall–Kier alpha value is -2.27. The summed E-state index contributed by atoms with van der Waals surface area (Å²) in [5.41, 5.74) is 1.75. The number of carbonyl (C=O) groups is 1. The highest BCUT2D eigenvalue weighted by molar-refractivity contribution is 5.91. The third-order valence-corrected chi connectivity index (χ3v) is 3.60. The molecule has 1 aromatic heterocycles. The molecule has 23 heavy (non-hydrogen) atoms. The summed E-state index contributed by atoms with van der Waals surface area (Å²) in [5.74, 6) is 1.36. The van der Waals surface area contributed by atoms with Crippen LogP contribution in [0.3, 0.4) is 0 Å². The highest BCUT2D eigenvalue weighted by Gasteiger charge is 2.22. The number of carbonyl (C=O) groups excluding carboxylic acids is 1. The lowest BCUT2D eigenvalue weighted by molar-refractivity contribution is -0.684. The van der Waals surface area contributed by atoms with Gasteiger partial charge in [0.2, 0.25) is 6.54 Å². The van der Waals surface area contributed by atoms with Gasteiger partial charge in [-0.15, -0.1) is 0 Å². The van der Waals surface area contributed by atoms with E-state index in [0.717, 1.165) is 17.7 Å². The van der Waals surface area contributed by atoms with Crippen molar-refractivity contribution in [1.29, 1.82) is 0 Å². The van der Waals surface area contributed by atoms with E-state index in [4.69, 9.17) is 9.47 Å². The van der Waals surface area contributed by atoms with Crippen LogP contribution >= 0.6 is 0 Å². The number of methoxy groups -OCH3 is 1. The summed E-state index contributed by atoms with van der Waals surface area (Å²) in [6.07, 6.45) is 4.72. The van der Waals surface area contributed by atoms with E-state index >= 15 is 0 Å². The first-order valence-corrected chi connectivity index (χ1v) is 7.27. The molecule has 122 valence electrons. The number of ether oxygens (including phenoxy) is 2. The van der Waals surface area contributed by atoms with Crippen molar-refractivity contribution in [3.8, 4) is 11.5 Å². The van der Waals surface area contributed by atoms with E-state index in [2.05, 4.69) is 5.32 Å². The van der Waals surface area contributed by atoms with Gasteiger partial charge in [-0.2, -0.15) is 4.57 Å². The van der Waals surface area contributed by atoms with Crippen molar-refractivity contribution >= 4 is 11.6 Å². The van der Waals surface area contributed by atoms with Crippen molar-refractivity contribution in [3.05, 3.63) is 48.3 Å². The van der Waals surface area contributed by atoms with Crippen LogP contribution in [0.4, 0.5) is 5.69 Å². The fourth-order valence-corrected chi connectivity index (χ4v) is 2.60. The number of pyridine rings is 1. The van der Waals surface area contributed by atoms with Crippen LogP contribution in [0.2, 0.25) is 0 Å². The maximum atomic E-state index is 12.2. The summed E-state index contributed by atoms with van der Waals surface area (Å²) in [5, 5.41) is 2.89. The fourth-order valence-electron chi connectivity index (χ4n) is 2.60. The molecule has 2 heterocycles. The van der Waals surface area contributed by atoms with Crippen molar-refractivity contribution < 1.29 is 31.2 Å². The lowest BCUT2D eigenvalue weighted by Gasteiger charge is -2.11. The van der Waals surface area contributed by atoms with Gasteiger partial charge in [0, 0.05) is 30.2 Å². The Labute approximate surface area is 141 Å². The molecular weight excluding hydrogens is 316 g/mol. The topological polar surface area (TPSA) is 51.4 Å². The van der Waals surface area contributed by atoms with E-state index < -0.39 is 0 Å². The number of hydrogen-bond donors (Lipinski definition) is 1. The molecular formula is C17H19ClN2O3. The Morgan fingerprint density at radius 3 is 2.78 bits per heavy atom. The van der Waals surface area contributed by atoms with Gasteiger partial charge < -0.3 is 27.2 Å². The van der Waals surface area contributed by atoms with Crippen LogP contribution in [-0.2, 0) is 17.8 Å². The zero-order valence-corrected chi connectivity index (χ0v) is 13.8. The maximum absolute atomic E-state index is 12.2. The zero-order valence-electron chi connectivity index (χ0n) is 13.1. The maximum Gasteiger partial charge on any atom is 0.290 e. The molecule has 5 nitrogen and oxygen atoms in total. The molecule has 6 heteroatoms. The molecule has 0 aliphatic carbocycles. The van der Waals surface area contributed by atoms with Gasteiger partial charge in [0.05, 0.1) is 12.8 Å². The molecule has 1 atom stereocenters. The molecule has 0 radical (unpaired) electrons. The Bertz CT molecular complexity index is 692. The van der Waals surface area contributed by atoms with E-state index in [0.29, 0.717) is 11.4 Å². The number of aromatic nitrogens is 1. The van der Waals surface area contributed by atoms with Crippen molar-refractivity contribution in [3.63, 3.8) is 0 Å². The Kier molecular flexibility index (Phi) is 5.45. The number of amides is 1. The molecule has 1 N–H and O–H groups in total. The number of rotatable bonds is 4. The molecule has 1 aliphatic rings. The Morgan fingerprint density at radius 2 is 2.09 bits per heavy atom. The molecule has 1 amide bonds. The van der Waals surface area contributed by atoms with Crippen molar-refractivity contribution in [2.24, 2.45) is 0 Å². The normalized spacial score (nSPS) is 15.1. The number of nitrogens with zero attached hydrogens (tertiary/aromatic N) is 1. The van der Waals surface area contributed by atoms with Gasteiger partial charge in [-0.05, 0) is 13.0 Å². The predicted molar refractivity (Wildman–Crippen MR) is 82.1 cm³/mol. The quantitative estimate of drug-likeness (QED) is 0.726. The smallest absolute Gasteiger partial charge is 0.290 e. The first-order chi connectivity index (χ1) is 10.7. The second-order valence-corrected chi connectivity index (χ2v) is 5.39. The summed E-state index contributed by atoms with van der Waals surface area (Å²) in [4.78, 5) is 12.2. The number of benzene rings is 1. The third-order valence-electron chi connectivity index (χ3n) is 3.60. The van der Waals surface area contributed by atoms with Gasteiger partial charge in [-0.3, -0.25) is 4.79 Å². The highest BCUT2D eigenvalue weighted by atomic mass is 35.5. The summed E-state index contributed by atoms with van der Waals surface area (Å²) in [7, 11) is 1.60. The van der Waals surface area contributed by atoms with E-state index in [-0.39, 0.29) is 31.0 Å². The third kappa shape index (κ3) is 3.93. The average Bonchev–Trinajstić information content (AvgIpc) is 2.86. The van der Waals surface area contributed by atoms with Gasteiger partial charge in [0.1, 0.15) is 17.6 Å². The molecule has 0 spiro atoms. The number of halogens is 1. The molecule has 2 aromatic rings. The van der Waals surface area contributed by atoms with Crippen LogP contribution in [0, 0.1) is 0 Å². The lowest BCUT2D eigenvalue weighted by Crippen LogP contribution is -3.00. The number of hydrogen-bond acceptors (Lipinski definition) is 3. The highest BCUT2D eigenvalue weighted by Crippen LogP contribution is 2.37. The minimum Gasteiger partial charge on any atom is -1.00 e. The average molecular weight is 335 g/mol. The summed E-state index contributed by atoms with van der Waals surface area (Å²) < 4.78 is 12.9. The van der Waals surface area contributed by atoms with E-state index in [1.807, 2.05) is 54.2 Å².